The average molecular weight is 353 g/mol. The molecule has 17 heavy (non-hydrogen) atoms. The van der Waals surface area contributed by atoms with Gasteiger partial charge in [-0.3, -0.25) is 14.3 Å². The summed E-state index contributed by atoms with van der Waals surface area (Å²) in [5.41, 5.74) is -1.08. The third-order valence-electron chi connectivity index (χ3n) is 2.60. The molecule has 1 radical (unpaired) electrons. The van der Waals surface area contributed by atoms with Gasteiger partial charge in [-0.25, -0.2) is 9.90 Å². The Morgan fingerprint density at radius 1 is 1.59 bits per heavy atom. The maximum atomic E-state index is 11.5. The van der Waals surface area contributed by atoms with Crippen LogP contribution in [0.3, 0.4) is 0 Å². The molecule has 93 valence electrons. The second-order valence-corrected chi connectivity index (χ2v) is 4.90. The van der Waals surface area contributed by atoms with Crippen molar-refractivity contribution in [2.45, 2.75) is 24.9 Å². The number of rotatable bonds is 2. The molecule has 0 unspecified atom stereocenters. The van der Waals surface area contributed by atoms with E-state index in [1.165, 1.54) is 10.8 Å². The minimum Gasteiger partial charge on any atom is -0.390 e. The fraction of sp³-hybridized carbons (Fsp3) is 0.556. The van der Waals surface area contributed by atoms with Crippen molar-refractivity contribution >= 4 is 22.6 Å². The molecule has 7 nitrogen and oxygen atoms in total. The number of nitrogens with one attached hydrogen (secondary N) is 1. The highest BCUT2D eigenvalue weighted by Crippen LogP contribution is 2.27. The van der Waals surface area contributed by atoms with E-state index in [0.29, 0.717) is 3.57 Å². The maximum Gasteiger partial charge on any atom is 0.330 e. The number of hydrogen-bond acceptors (Lipinski definition) is 4. The normalized spacial score (nSPS) is 28.5. The van der Waals surface area contributed by atoms with Gasteiger partial charge in [-0.05, 0) is 22.6 Å². The van der Waals surface area contributed by atoms with Crippen molar-refractivity contribution in [1.82, 2.24) is 9.55 Å². The summed E-state index contributed by atoms with van der Waals surface area (Å²) in [6.45, 7) is -0.563. The van der Waals surface area contributed by atoms with Crippen LogP contribution in [0, 0.1) is 3.57 Å². The molecule has 1 aliphatic heterocycles. The van der Waals surface area contributed by atoms with Gasteiger partial charge in [-0.1, -0.05) is 0 Å². The first kappa shape index (κ1) is 12.7. The molecule has 2 N–H and O–H groups in total. The van der Waals surface area contributed by atoms with Crippen LogP contribution in [-0.4, -0.2) is 33.5 Å². The van der Waals surface area contributed by atoms with Crippen molar-refractivity contribution in [1.29, 1.82) is 0 Å². The Labute approximate surface area is 109 Å². The van der Waals surface area contributed by atoms with Crippen LogP contribution in [0.2, 0.25) is 0 Å². The Kier molecular flexibility index (Phi) is 3.66. The van der Waals surface area contributed by atoms with E-state index in [1.807, 2.05) is 0 Å². The van der Waals surface area contributed by atoms with Gasteiger partial charge in [-0.2, -0.15) is 0 Å². The van der Waals surface area contributed by atoms with E-state index in [-0.39, 0.29) is 6.42 Å². The SMILES string of the molecule is [O]C[C@H]1O[C@@H](n2cc(I)c(=O)[nH]c2=O)C[C@@H]1O. The lowest BCUT2D eigenvalue weighted by Crippen LogP contribution is -2.33. The quantitative estimate of drug-likeness (QED) is 0.681. The summed E-state index contributed by atoms with van der Waals surface area (Å²) in [5.74, 6) is 0. The van der Waals surface area contributed by atoms with E-state index in [0.717, 1.165) is 0 Å². The number of aliphatic hydroxyl groups is 1. The zero-order valence-electron chi connectivity index (χ0n) is 8.63. The van der Waals surface area contributed by atoms with Gasteiger partial charge in [0.1, 0.15) is 18.9 Å². The fourth-order valence-electron chi connectivity index (χ4n) is 1.71. The number of ether oxygens (including phenoxy) is 1. The summed E-state index contributed by atoms with van der Waals surface area (Å²) in [6, 6.07) is 0. The van der Waals surface area contributed by atoms with Crippen molar-refractivity contribution in [2.75, 3.05) is 6.61 Å². The number of halogens is 1. The number of aliphatic hydroxyl groups excluding tert-OH is 1. The number of nitrogens with zero attached hydrogens (tertiary/aromatic N) is 1. The number of H-pyrrole nitrogens is 1. The molecular formula is C9H10IN2O5. The molecule has 0 aromatic carbocycles. The molecule has 1 saturated heterocycles. The summed E-state index contributed by atoms with van der Waals surface area (Å²) in [5, 5.41) is 20.2. The molecule has 0 spiro atoms. The molecule has 2 rings (SSSR count). The van der Waals surface area contributed by atoms with E-state index in [4.69, 9.17) is 4.74 Å². The molecule has 0 bridgehead atoms. The summed E-state index contributed by atoms with van der Waals surface area (Å²) in [4.78, 5) is 24.9. The topological polar surface area (TPSA) is 104 Å². The van der Waals surface area contributed by atoms with Gasteiger partial charge in [0, 0.05) is 12.6 Å². The molecule has 0 amide bonds. The van der Waals surface area contributed by atoms with Crippen LogP contribution >= 0.6 is 22.6 Å². The van der Waals surface area contributed by atoms with E-state index in [2.05, 4.69) is 4.98 Å². The first-order chi connectivity index (χ1) is 8.02. The zero-order valence-corrected chi connectivity index (χ0v) is 10.8. The van der Waals surface area contributed by atoms with Gasteiger partial charge in [0.2, 0.25) is 0 Å². The van der Waals surface area contributed by atoms with Crippen molar-refractivity contribution in [2.24, 2.45) is 0 Å². The lowest BCUT2D eigenvalue weighted by atomic mass is 10.2. The summed E-state index contributed by atoms with van der Waals surface area (Å²) in [7, 11) is 0. The Hall–Kier alpha value is -0.710. The van der Waals surface area contributed by atoms with Gasteiger partial charge < -0.3 is 9.84 Å². The predicted molar refractivity (Wildman–Crippen MR) is 64.1 cm³/mol. The van der Waals surface area contributed by atoms with Gasteiger partial charge in [0.15, 0.2) is 0 Å². The molecule has 0 aliphatic carbocycles. The first-order valence-corrected chi connectivity index (χ1v) is 6.03. The van der Waals surface area contributed by atoms with Gasteiger partial charge in [0.05, 0.1) is 9.67 Å². The second kappa shape index (κ2) is 4.88. The average Bonchev–Trinajstić information content (AvgIpc) is 2.65. The van der Waals surface area contributed by atoms with Gasteiger partial charge in [-0.15, -0.1) is 0 Å². The predicted octanol–water partition coefficient (Wildman–Crippen LogP) is -0.780. The molecule has 1 aromatic rings. The third-order valence-corrected chi connectivity index (χ3v) is 3.37. The maximum absolute atomic E-state index is 11.5. The van der Waals surface area contributed by atoms with Crippen LogP contribution in [0.1, 0.15) is 12.6 Å². The molecule has 8 heteroatoms. The van der Waals surface area contributed by atoms with E-state index in [9.17, 15) is 19.8 Å². The van der Waals surface area contributed by atoms with Crippen molar-refractivity contribution in [3.8, 4) is 0 Å². The second-order valence-electron chi connectivity index (χ2n) is 3.74. The van der Waals surface area contributed by atoms with E-state index >= 15 is 0 Å². The van der Waals surface area contributed by atoms with Crippen LogP contribution in [-0.2, 0) is 9.84 Å². The largest absolute Gasteiger partial charge is 0.390 e. The lowest BCUT2D eigenvalue weighted by molar-refractivity contribution is -0.0599. The zero-order chi connectivity index (χ0) is 12.6. The minimum atomic E-state index is -0.881. The van der Waals surface area contributed by atoms with Crippen molar-refractivity contribution in [3.05, 3.63) is 30.6 Å². The van der Waals surface area contributed by atoms with Crippen LogP contribution < -0.4 is 11.2 Å². The standard InChI is InChI=1S/C9H10IN2O5/c10-4-2-12(9(16)11-8(4)15)7-1-5(14)6(3-13)17-7/h2,5-7,14H,1,3H2,(H,11,15,16)/t5-,6+,7+/m0/s1. The molecule has 3 atom stereocenters. The molecular weight excluding hydrogens is 343 g/mol. The lowest BCUT2D eigenvalue weighted by Gasteiger charge is -2.13. The summed E-state index contributed by atoms with van der Waals surface area (Å²) < 4.78 is 6.78. The number of aromatic amines is 1. The smallest absolute Gasteiger partial charge is 0.330 e. The Morgan fingerprint density at radius 2 is 2.29 bits per heavy atom. The highest BCUT2D eigenvalue weighted by Gasteiger charge is 2.35. The third kappa shape index (κ3) is 2.44. The Bertz CT molecular complexity index is 525. The Morgan fingerprint density at radius 3 is 2.88 bits per heavy atom. The van der Waals surface area contributed by atoms with Crippen LogP contribution in [0.15, 0.2) is 15.8 Å². The van der Waals surface area contributed by atoms with Crippen molar-refractivity contribution < 1.29 is 14.9 Å². The van der Waals surface area contributed by atoms with Gasteiger partial charge in [0.25, 0.3) is 5.56 Å². The van der Waals surface area contributed by atoms with Crippen LogP contribution in [0.5, 0.6) is 0 Å². The number of aromatic nitrogens is 2. The molecule has 1 fully saturated rings. The fourth-order valence-corrected chi connectivity index (χ4v) is 2.15. The highest BCUT2D eigenvalue weighted by atomic mass is 127. The summed E-state index contributed by atoms with van der Waals surface area (Å²) in [6.07, 6.45) is -0.881. The molecule has 1 aromatic heterocycles. The molecule has 0 saturated carbocycles. The summed E-state index contributed by atoms with van der Waals surface area (Å²) >= 11 is 1.79. The Balaban J connectivity index is 2.34. The van der Waals surface area contributed by atoms with Crippen molar-refractivity contribution in [3.63, 3.8) is 0 Å². The van der Waals surface area contributed by atoms with E-state index < -0.39 is 36.3 Å². The minimum absolute atomic E-state index is 0.162. The molecule has 1 aliphatic rings. The first-order valence-electron chi connectivity index (χ1n) is 4.95. The molecule has 2 heterocycles. The highest BCUT2D eigenvalue weighted by molar-refractivity contribution is 14.1. The number of hydrogen-bond donors (Lipinski definition) is 2. The monoisotopic (exact) mass is 353 g/mol. The van der Waals surface area contributed by atoms with Gasteiger partial charge >= 0.3 is 5.69 Å². The van der Waals surface area contributed by atoms with Crippen LogP contribution in [0.4, 0.5) is 0 Å². The van der Waals surface area contributed by atoms with Crippen LogP contribution in [0.25, 0.3) is 0 Å². The van der Waals surface area contributed by atoms with E-state index in [1.54, 1.807) is 22.6 Å².